The second-order valence-corrected chi connectivity index (χ2v) is 9.59. The van der Waals surface area contributed by atoms with Crippen LogP contribution in [0.5, 0.6) is 0 Å². The lowest BCUT2D eigenvalue weighted by atomic mass is 9.89. The summed E-state index contributed by atoms with van der Waals surface area (Å²) >= 11 is 1.88. The van der Waals surface area contributed by atoms with Gasteiger partial charge in [-0.1, -0.05) is 32.6 Å². The van der Waals surface area contributed by atoms with Crippen LogP contribution in [-0.2, 0) is 12.8 Å². The smallest absolute Gasteiger partial charge is 0.164 e. The number of anilines is 1. The Kier molecular flexibility index (Phi) is 5.02. The quantitative estimate of drug-likeness (QED) is 0.554. The Morgan fingerprint density at radius 1 is 1.07 bits per heavy atom. The molecular weight excluding hydrogens is 364 g/mol. The van der Waals surface area contributed by atoms with Crippen molar-refractivity contribution in [1.82, 2.24) is 15.0 Å². The summed E-state index contributed by atoms with van der Waals surface area (Å²) in [6.07, 6.45) is 15.1. The van der Waals surface area contributed by atoms with Crippen LogP contribution < -0.4 is 5.32 Å². The van der Waals surface area contributed by atoms with Crippen molar-refractivity contribution < 1.29 is 0 Å². The van der Waals surface area contributed by atoms with E-state index < -0.39 is 0 Å². The van der Waals surface area contributed by atoms with Gasteiger partial charge in [0, 0.05) is 28.9 Å². The fourth-order valence-electron chi connectivity index (χ4n) is 4.69. The third-order valence-corrected chi connectivity index (χ3v) is 7.42. The Morgan fingerprint density at radius 3 is 2.71 bits per heavy atom. The first kappa shape index (κ1) is 18.0. The van der Waals surface area contributed by atoms with E-state index in [1.165, 1.54) is 67.2 Å². The van der Waals surface area contributed by atoms with E-state index in [9.17, 15) is 0 Å². The van der Waals surface area contributed by atoms with E-state index in [0.29, 0.717) is 6.04 Å². The standard InChI is InChI=1S/C23H28N4S/c1-15-10-11-18-19(13-15)28-23-20(18)22(25-17-8-4-2-3-5-9-17)26-21(27-23)16-7-6-12-24-14-16/h6-7,12,14-15,17H,2-5,8-11,13H2,1H3,(H,25,26,27)/t15-/m1/s1. The van der Waals surface area contributed by atoms with E-state index in [2.05, 4.69) is 23.3 Å². The maximum absolute atomic E-state index is 5.04. The Balaban J connectivity index is 1.61. The zero-order chi connectivity index (χ0) is 18.9. The summed E-state index contributed by atoms with van der Waals surface area (Å²) in [5.74, 6) is 2.62. The lowest BCUT2D eigenvalue weighted by Gasteiger charge is -2.21. The van der Waals surface area contributed by atoms with Crippen molar-refractivity contribution in [1.29, 1.82) is 0 Å². The first-order valence-corrected chi connectivity index (χ1v) is 11.6. The van der Waals surface area contributed by atoms with Crippen LogP contribution in [0, 0.1) is 5.92 Å². The molecule has 1 saturated carbocycles. The Labute approximate surface area is 170 Å². The molecule has 2 aliphatic carbocycles. The molecule has 0 spiro atoms. The Bertz CT molecular complexity index is 958. The normalized spacial score (nSPS) is 20.7. The van der Waals surface area contributed by atoms with Gasteiger partial charge < -0.3 is 5.32 Å². The van der Waals surface area contributed by atoms with Gasteiger partial charge in [-0.15, -0.1) is 11.3 Å². The lowest BCUT2D eigenvalue weighted by Crippen LogP contribution is -2.20. The summed E-state index contributed by atoms with van der Waals surface area (Å²) in [6, 6.07) is 4.54. The van der Waals surface area contributed by atoms with Gasteiger partial charge in [0.2, 0.25) is 0 Å². The summed E-state index contributed by atoms with van der Waals surface area (Å²) < 4.78 is 0. The van der Waals surface area contributed by atoms with Crippen molar-refractivity contribution in [2.75, 3.05) is 5.32 Å². The van der Waals surface area contributed by atoms with Crippen LogP contribution >= 0.6 is 11.3 Å². The topological polar surface area (TPSA) is 50.7 Å². The van der Waals surface area contributed by atoms with Crippen LogP contribution in [-0.4, -0.2) is 21.0 Å². The molecule has 0 aromatic carbocycles. The van der Waals surface area contributed by atoms with E-state index >= 15 is 0 Å². The number of pyridine rings is 1. The summed E-state index contributed by atoms with van der Waals surface area (Å²) in [7, 11) is 0. The molecule has 146 valence electrons. The van der Waals surface area contributed by atoms with E-state index in [4.69, 9.17) is 9.97 Å². The third-order valence-electron chi connectivity index (χ3n) is 6.27. The molecule has 28 heavy (non-hydrogen) atoms. The van der Waals surface area contributed by atoms with Gasteiger partial charge in [-0.2, -0.15) is 0 Å². The lowest BCUT2D eigenvalue weighted by molar-refractivity contribution is 0.509. The minimum Gasteiger partial charge on any atom is -0.367 e. The molecule has 0 saturated heterocycles. The van der Waals surface area contributed by atoms with Crippen LogP contribution in [0.1, 0.15) is 62.3 Å². The summed E-state index contributed by atoms with van der Waals surface area (Å²) in [6.45, 7) is 2.37. The number of nitrogens with zero attached hydrogens (tertiary/aromatic N) is 3. The highest BCUT2D eigenvalue weighted by Crippen LogP contribution is 2.41. The second-order valence-electron chi connectivity index (χ2n) is 8.50. The fraction of sp³-hybridized carbons (Fsp3) is 0.522. The minimum atomic E-state index is 0.528. The molecule has 0 aliphatic heterocycles. The van der Waals surface area contributed by atoms with Gasteiger partial charge in [0.05, 0.1) is 5.39 Å². The fourth-order valence-corrected chi connectivity index (χ4v) is 6.07. The molecule has 4 nitrogen and oxygen atoms in total. The highest BCUT2D eigenvalue weighted by atomic mass is 32.1. The maximum Gasteiger partial charge on any atom is 0.164 e. The summed E-state index contributed by atoms with van der Waals surface area (Å²) in [4.78, 5) is 17.0. The van der Waals surface area contributed by atoms with Crippen molar-refractivity contribution in [3.05, 3.63) is 35.0 Å². The SMILES string of the molecule is C[C@@H]1CCc2c(sc3nc(-c4cccnc4)nc(NC4CCCCCC4)c23)C1. The van der Waals surface area contributed by atoms with Crippen LogP contribution in [0.15, 0.2) is 24.5 Å². The predicted molar refractivity (Wildman–Crippen MR) is 117 cm³/mol. The van der Waals surface area contributed by atoms with Gasteiger partial charge >= 0.3 is 0 Å². The van der Waals surface area contributed by atoms with Crippen LogP contribution in [0.3, 0.4) is 0 Å². The van der Waals surface area contributed by atoms with Gasteiger partial charge in [0.1, 0.15) is 10.6 Å². The minimum absolute atomic E-state index is 0.528. The van der Waals surface area contributed by atoms with Gasteiger partial charge in [-0.3, -0.25) is 4.98 Å². The molecule has 0 amide bonds. The zero-order valence-electron chi connectivity index (χ0n) is 16.6. The molecule has 0 radical (unpaired) electrons. The molecule has 1 fully saturated rings. The number of fused-ring (bicyclic) bond motifs is 3. The van der Waals surface area contributed by atoms with Crippen molar-refractivity contribution >= 4 is 27.4 Å². The highest BCUT2D eigenvalue weighted by Gasteiger charge is 2.25. The third kappa shape index (κ3) is 3.52. The Hall–Kier alpha value is -2.01. The van der Waals surface area contributed by atoms with Crippen molar-refractivity contribution in [2.24, 2.45) is 5.92 Å². The second kappa shape index (κ2) is 7.78. The Morgan fingerprint density at radius 2 is 1.93 bits per heavy atom. The summed E-state index contributed by atoms with van der Waals surface area (Å²) in [5, 5.41) is 5.15. The molecule has 2 aliphatic rings. The van der Waals surface area contributed by atoms with Crippen molar-refractivity contribution in [3.63, 3.8) is 0 Å². The average Bonchev–Trinajstić information content (AvgIpc) is 2.88. The molecule has 0 unspecified atom stereocenters. The zero-order valence-corrected chi connectivity index (χ0v) is 17.4. The molecule has 3 aromatic heterocycles. The number of hydrogen-bond acceptors (Lipinski definition) is 5. The van der Waals surface area contributed by atoms with Crippen molar-refractivity contribution in [3.8, 4) is 11.4 Å². The molecule has 1 atom stereocenters. The molecule has 5 heteroatoms. The van der Waals surface area contributed by atoms with Gasteiger partial charge in [0.15, 0.2) is 5.82 Å². The van der Waals surface area contributed by atoms with Crippen LogP contribution in [0.2, 0.25) is 0 Å². The number of hydrogen-bond donors (Lipinski definition) is 1. The maximum atomic E-state index is 5.04. The summed E-state index contributed by atoms with van der Waals surface area (Å²) in [5.41, 5.74) is 2.50. The first-order chi connectivity index (χ1) is 13.8. The van der Waals surface area contributed by atoms with E-state index in [0.717, 1.165) is 34.4 Å². The van der Waals surface area contributed by atoms with Crippen LogP contribution in [0.4, 0.5) is 5.82 Å². The number of nitrogens with one attached hydrogen (secondary N) is 1. The molecule has 3 heterocycles. The number of thiophene rings is 1. The van der Waals surface area contributed by atoms with Gasteiger partial charge in [-0.25, -0.2) is 9.97 Å². The van der Waals surface area contributed by atoms with Gasteiger partial charge in [-0.05, 0) is 55.7 Å². The number of rotatable bonds is 3. The van der Waals surface area contributed by atoms with Gasteiger partial charge in [0.25, 0.3) is 0 Å². The predicted octanol–water partition coefficient (Wildman–Crippen LogP) is 6.01. The molecule has 5 rings (SSSR count). The number of aryl methyl sites for hydroxylation is 1. The highest BCUT2D eigenvalue weighted by molar-refractivity contribution is 7.19. The largest absolute Gasteiger partial charge is 0.367 e. The van der Waals surface area contributed by atoms with E-state index in [1.54, 1.807) is 6.20 Å². The molecule has 3 aromatic rings. The number of aromatic nitrogens is 3. The van der Waals surface area contributed by atoms with Crippen LogP contribution in [0.25, 0.3) is 21.6 Å². The molecule has 0 bridgehead atoms. The molecular formula is C23H28N4S. The average molecular weight is 393 g/mol. The van der Waals surface area contributed by atoms with Crippen molar-refractivity contribution in [2.45, 2.75) is 70.8 Å². The molecule has 1 N–H and O–H groups in total. The van der Waals surface area contributed by atoms with E-state index in [-0.39, 0.29) is 0 Å². The first-order valence-electron chi connectivity index (χ1n) is 10.8. The monoisotopic (exact) mass is 392 g/mol. The van der Waals surface area contributed by atoms with E-state index in [1.807, 2.05) is 23.6 Å².